The number of carbonyl (C=O) groups is 1. The molecular formula is C15H25N3O3. The number of ether oxygens (including phenoxy) is 2. The molecule has 118 valence electrons. The van der Waals surface area contributed by atoms with Crippen molar-refractivity contribution in [1.29, 1.82) is 0 Å². The second kappa shape index (κ2) is 10.1. The minimum atomic E-state index is -0.172. The van der Waals surface area contributed by atoms with Gasteiger partial charge < -0.3 is 20.1 Å². The predicted molar refractivity (Wildman–Crippen MR) is 81.2 cm³/mol. The maximum absolute atomic E-state index is 11.4. The first-order chi connectivity index (χ1) is 10.1. The summed E-state index contributed by atoms with van der Waals surface area (Å²) in [5, 5.41) is 6.00. The molecule has 0 saturated heterocycles. The molecule has 6 heteroatoms. The lowest BCUT2D eigenvalue weighted by molar-refractivity contribution is -0.123. The first-order valence-corrected chi connectivity index (χ1v) is 7.16. The average Bonchev–Trinajstić information content (AvgIpc) is 2.46. The quantitative estimate of drug-likeness (QED) is 0.629. The Bertz CT molecular complexity index is 407. The number of nitrogens with zero attached hydrogens (tertiary/aromatic N) is 1. The van der Waals surface area contributed by atoms with Crippen molar-refractivity contribution in [3.63, 3.8) is 0 Å². The molecule has 1 rings (SSSR count). The van der Waals surface area contributed by atoms with Gasteiger partial charge in [-0.05, 0) is 24.6 Å². The van der Waals surface area contributed by atoms with Gasteiger partial charge in [-0.3, -0.25) is 9.78 Å². The van der Waals surface area contributed by atoms with Crippen molar-refractivity contribution in [1.82, 2.24) is 15.6 Å². The van der Waals surface area contributed by atoms with Crippen LogP contribution in [0.2, 0.25) is 0 Å². The van der Waals surface area contributed by atoms with E-state index in [0.29, 0.717) is 24.8 Å². The van der Waals surface area contributed by atoms with Crippen molar-refractivity contribution < 1.29 is 14.3 Å². The summed E-state index contributed by atoms with van der Waals surface area (Å²) in [6.45, 7) is 6.97. The third kappa shape index (κ3) is 8.27. The zero-order chi connectivity index (χ0) is 15.5. The fraction of sp³-hybridized carbons (Fsp3) is 0.600. The van der Waals surface area contributed by atoms with Gasteiger partial charge in [-0.1, -0.05) is 13.8 Å². The summed E-state index contributed by atoms with van der Waals surface area (Å²) in [7, 11) is 1.59. The Morgan fingerprint density at radius 1 is 1.38 bits per heavy atom. The predicted octanol–water partition coefficient (Wildman–Crippen LogP) is 0.969. The summed E-state index contributed by atoms with van der Waals surface area (Å²) < 4.78 is 10.2. The number of aromatic nitrogens is 1. The second-order valence-electron chi connectivity index (χ2n) is 5.14. The fourth-order valence-electron chi connectivity index (χ4n) is 1.58. The topological polar surface area (TPSA) is 72.5 Å². The number of amides is 1. The SMILES string of the molecule is COCCNC(=O)COc1ccc(CNCC(C)C)nc1. The molecule has 0 spiro atoms. The molecule has 0 fully saturated rings. The number of pyridine rings is 1. The van der Waals surface area contributed by atoms with E-state index in [1.165, 1.54) is 0 Å². The van der Waals surface area contributed by atoms with Crippen molar-refractivity contribution >= 4 is 5.91 Å². The van der Waals surface area contributed by atoms with Crippen LogP contribution in [0, 0.1) is 5.92 Å². The van der Waals surface area contributed by atoms with Gasteiger partial charge in [0, 0.05) is 20.2 Å². The Balaban J connectivity index is 2.25. The maximum Gasteiger partial charge on any atom is 0.258 e. The summed E-state index contributed by atoms with van der Waals surface area (Å²) in [5.41, 5.74) is 0.951. The largest absolute Gasteiger partial charge is 0.482 e. The third-order valence-electron chi connectivity index (χ3n) is 2.65. The van der Waals surface area contributed by atoms with Crippen LogP contribution in [0.3, 0.4) is 0 Å². The van der Waals surface area contributed by atoms with Crippen molar-refractivity contribution in [2.45, 2.75) is 20.4 Å². The Kier molecular flexibility index (Phi) is 8.38. The molecule has 1 heterocycles. The van der Waals surface area contributed by atoms with Gasteiger partial charge in [0.1, 0.15) is 5.75 Å². The Morgan fingerprint density at radius 2 is 2.19 bits per heavy atom. The highest BCUT2D eigenvalue weighted by molar-refractivity contribution is 5.77. The van der Waals surface area contributed by atoms with E-state index in [-0.39, 0.29) is 12.5 Å². The van der Waals surface area contributed by atoms with E-state index in [0.717, 1.165) is 18.8 Å². The maximum atomic E-state index is 11.4. The van der Waals surface area contributed by atoms with E-state index in [2.05, 4.69) is 29.5 Å². The van der Waals surface area contributed by atoms with Gasteiger partial charge in [-0.25, -0.2) is 0 Å². The number of methoxy groups -OCH3 is 1. The van der Waals surface area contributed by atoms with Crippen LogP contribution in [0.15, 0.2) is 18.3 Å². The van der Waals surface area contributed by atoms with Crippen LogP contribution < -0.4 is 15.4 Å². The van der Waals surface area contributed by atoms with E-state index in [9.17, 15) is 4.79 Å². The van der Waals surface area contributed by atoms with Crippen LogP contribution in [-0.4, -0.2) is 44.3 Å². The number of hydrogen-bond donors (Lipinski definition) is 2. The molecule has 0 aromatic carbocycles. The molecule has 0 bridgehead atoms. The molecule has 1 amide bonds. The highest BCUT2D eigenvalue weighted by Gasteiger charge is 2.03. The summed E-state index contributed by atoms with van der Waals surface area (Å²) in [4.78, 5) is 15.7. The van der Waals surface area contributed by atoms with Crippen molar-refractivity contribution in [3.8, 4) is 5.75 Å². The molecule has 0 atom stereocenters. The van der Waals surface area contributed by atoms with Gasteiger partial charge in [0.15, 0.2) is 6.61 Å². The summed E-state index contributed by atoms with van der Waals surface area (Å²) in [5.74, 6) is 1.03. The molecule has 1 aromatic rings. The molecule has 2 N–H and O–H groups in total. The molecule has 0 aliphatic rings. The number of rotatable bonds is 10. The van der Waals surface area contributed by atoms with E-state index < -0.39 is 0 Å². The van der Waals surface area contributed by atoms with Crippen LogP contribution in [-0.2, 0) is 16.1 Å². The van der Waals surface area contributed by atoms with Crippen LogP contribution >= 0.6 is 0 Å². The smallest absolute Gasteiger partial charge is 0.258 e. The Hall–Kier alpha value is -1.66. The van der Waals surface area contributed by atoms with E-state index in [4.69, 9.17) is 9.47 Å². The number of hydrogen-bond acceptors (Lipinski definition) is 5. The third-order valence-corrected chi connectivity index (χ3v) is 2.65. The van der Waals surface area contributed by atoms with Crippen LogP contribution in [0.5, 0.6) is 5.75 Å². The number of nitrogens with one attached hydrogen (secondary N) is 2. The van der Waals surface area contributed by atoms with Gasteiger partial charge in [0.05, 0.1) is 18.5 Å². The standard InChI is InChI=1S/C15H25N3O3/c1-12(2)8-16-9-13-4-5-14(10-18-13)21-11-15(19)17-6-7-20-3/h4-5,10,12,16H,6-9,11H2,1-3H3,(H,17,19). The van der Waals surface area contributed by atoms with Gasteiger partial charge in [-0.15, -0.1) is 0 Å². The molecule has 6 nitrogen and oxygen atoms in total. The van der Waals surface area contributed by atoms with E-state index in [1.54, 1.807) is 13.3 Å². The monoisotopic (exact) mass is 295 g/mol. The lowest BCUT2D eigenvalue weighted by Crippen LogP contribution is -2.31. The highest BCUT2D eigenvalue weighted by atomic mass is 16.5. The van der Waals surface area contributed by atoms with Crippen molar-refractivity contribution in [3.05, 3.63) is 24.0 Å². The lowest BCUT2D eigenvalue weighted by atomic mass is 10.2. The van der Waals surface area contributed by atoms with Crippen molar-refractivity contribution in [2.75, 3.05) is 33.4 Å². The Labute approximate surface area is 126 Å². The molecule has 21 heavy (non-hydrogen) atoms. The normalized spacial score (nSPS) is 10.7. The summed E-state index contributed by atoms with van der Waals surface area (Å²) >= 11 is 0. The van der Waals surface area contributed by atoms with Crippen LogP contribution in [0.25, 0.3) is 0 Å². The van der Waals surface area contributed by atoms with Crippen molar-refractivity contribution in [2.24, 2.45) is 5.92 Å². The highest BCUT2D eigenvalue weighted by Crippen LogP contribution is 2.08. The lowest BCUT2D eigenvalue weighted by Gasteiger charge is -2.09. The minimum Gasteiger partial charge on any atom is -0.482 e. The molecule has 0 unspecified atom stereocenters. The number of carbonyl (C=O) groups excluding carboxylic acids is 1. The Morgan fingerprint density at radius 3 is 2.81 bits per heavy atom. The van der Waals surface area contributed by atoms with Crippen LogP contribution in [0.1, 0.15) is 19.5 Å². The van der Waals surface area contributed by atoms with Gasteiger partial charge >= 0.3 is 0 Å². The zero-order valence-corrected chi connectivity index (χ0v) is 13.0. The first-order valence-electron chi connectivity index (χ1n) is 7.16. The van der Waals surface area contributed by atoms with Gasteiger partial charge in [0.25, 0.3) is 5.91 Å². The van der Waals surface area contributed by atoms with Crippen LogP contribution in [0.4, 0.5) is 0 Å². The average molecular weight is 295 g/mol. The molecule has 1 aromatic heterocycles. The van der Waals surface area contributed by atoms with E-state index in [1.807, 2.05) is 12.1 Å². The summed E-state index contributed by atoms with van der Waals surface area (Å²) in [6.07, 6.45) is 1.63. The molecule has 0 radical (unpaired) electrons. The molecule has 0 aliphatic heterocycles. The fourth-order valence-corrected chi connectivity index (χ4v) is 1.58. The van der Waals surface area contributed by atoms with Gasteiger partial charge in [0.2, 0.25) is 0 Å². The molecule has 0 aliphatic carbocycles. The second-order valence-corrected chi connectivity index (χ2v) is 5.14. The molecule has 0 saturated carbocycles. The summed E-state index contributed by atoms with van der Waals surface area (Å²) in [6, 6.07) is 3.72. The van der Waals surface area contributed by atoms with E-state index >= 15 is 0 Å². The first kappa shape index (κ1) is 17.4. The minimum absolute atomic E-state index is 0.0175. The zero-order valence-electron chi connectivity index (χ0n) is 13.0. The van der Waals surface area contributed by atoms with Gasteiger partial charge in [-0.2, -0.15) is 0 Å². The molecular weight excluding hydrogens is 270 g/mol.